The van der Waals surface area contributed by atoms with Crippen molar-refractivity contribution in [1.29, 1.82) is 0 Å². The molecule has 122 valence electrons. The third kappa shape index (κ3) is 4.13. The van der Waals surface area contributed by atoms with Gasteiger partial charge in [-0.15, -0.1) is 0 Å². The van der Waals surface area contributed by atoms with Crippen LogP contribution >= 0.6 is 0 Å². The van der Waals surface area contributed by atoms with Crippen LogP contribution in [0.15, 0.2) is 36.4 Å². The second-order valence-corrected chi connectivity index (χ2v) is 5.98. The second-order valence-electron chi connectivity index (χ2n) is 5.98. The smallest absolute Gasteiger partial charge is 0.345 e. The standard InChI is InChI=1S/C20H24O3/c1-5-16-8-6-7-9-17(16)12-19(20(21)22)23-18-11-13(2)10-14(3)15(18)4/h6-11,19H,5,12H2,1-4H3,(H,21,22)/t19-/m1/s1. The summed E-state index contributed by atoms with van der Waals surface area (Å²) in [7, 11) is 0. The summed E-state index contributed by atoms with van der Waals surface area (Å²) in [4.78, 5) is 11.7. The van der Waals surface area contributed by atoms with Gasteiger partial charge < -0.3 is 9.84 Å². The van der Waals surface area contributed by atoms with E-state index in [0.717, 1.165) is 28.7 Å². The first-order chi connectivity index (χ1) is 10.9. The molecular weight excluding hydrogens is 288 g/mol. The molecule has 0 radical (unpaired) electrons. The molecule has 2 rings (SSSR count). The molecule has 0 bridgehead atoms. The van der Waals surface area contributed by atoms with Gasteiger partial charge in [0.1, 0.15) is 5.75 Å². The predicted octanol–water partition coefficient (Wildman–Crippen LogP) is 4.25. The van der Waals surface area contributed by atoms with Gasteiger partial charge in [0.2, 0.25) is 0 Å². The molecule has 0 saturated carbocycles. The van der Waals surface area contributed by atoms with Crippen LogP contribution in [-0.4, -0.2) is 17.2 Å². The minimum Gasteiger partial charge on any atom is -0.478 e. The van der Waals surface area contributed by atoms with Gasteiger partial charge in [-0.25, -0.2) is 4.79 Å². The van der Waals surface area contributed by atoms with Gasteiger partial charge in [-0.1, -0.05) is 37.3 Å². The number of hydrogen-bond donors (Lipinski definition) is 1. The lowest BCUT2D eigenvalue weighted by Crippen LogP contribution is -2.30. The topological polar surface area (TPSA) is 46.5 Å². The molecule has 0 aliphatic rings. The third-order valence-corrected chi connectivity index (χ3v) is 4.21. The van der Waals surface area contributed by atoms with Gasteiger partial charge >= 0.3 is 5.97 Å². The molecule has 0 unspecified atom stereocenters. The number of hydrogen-bond acceptors (Lipinski definition) is 2. The van der Waals surface area contributed by atoms with Gasteiger partial charge in [0.15, 0.2) is 6.10 Å². The molecule has 23 heavy (non-hydrogen) atoms. The Hall–Kier alpha value is -2.29. The molecule has 3 heteroatoms. The Kier molecular flexibility index (Phi) is 5.43. The largest absolute Gasteiger partial charge is 0.478 e. The van der Waals surface area contributed by atoms with Crippen LogP contribution in [0.2, 0.25) is 0 Å². The zero-order chi connectivity index (χ0) is 17.0. The van der Waals surface area contributed by atoms with Gasteiger partial charge in [-0.2, -0.15) is 0 Å². The van der Waals surface area contributed by atoms with Crippen LogP contribution in [0, 0.1) is 20.8 Å². The SMILES string of the molecule is CCc1ccccc1C[C@@H](Oc1cc(C)cc(C)c1C)C(=O)O. The van der Waals surface area contributed by atoms with E-state index in [1.807, 2.05) is 51.1 Å². The van der Waals surface area contributed by atoms with Crippen LogP contribution in [0.3, 0.4) is 0 Å². The van der Waals surface area contributed by atoms with E-state index in [1.54, 1.807) is 0 Å². The van der Waals surface area contributed by atoms with Crippen molar-refractivity contribution in [3.63, 3.8) is 0 Å². The highest BCUT2D eigenvalue weighted by molar-refractivity contribution is 5.73. The molecule has 1 N–H and O–H groups in total. The van der Waals surface area contributed by atoms with E-state index < -0.39 is 12.1 Å². The van der Waals surface area contributed by atoms with Crippen molar-refractivity contribution in [2.45, 2.75) is 46.6 Å². The normalized spacial score (nSPS) is 12.0. The number of carbonyl (C=O) groups is 1. The summed E-state index contributed by atoms with van der Waals surface area (Å²) in [5, 5.41) is 9.56. The number of carboxylic acids is 1. The maximum Gasteiger partial charge on any atom is 0.345 e. The zero-order valence-corrected chi connectivity index (χ0v) is 14.2. The van der Waals surface area contributed by atoms with E-state index >= 15 is 0 Å². The minimum atomic E-state index is -0.936. The monoisotopic (exact) mass is 312 g/mol. The summed E-state index contributed by atoms with van der Waals surface area (Å²) in [5.41, 5.74) is 5.37. The van der Waals surface area contributed by atoms with Crippen molar-refractivity contribution in [3.8, 4) is 5.75 Å². The number of benzene rings is 2. The fourth-order valence-electron chi connectivity index (χ4n) is 2.76. The Bertz CT molecular complexity index is 704. The molecule has 0 aliphatic carbocycles. The molecule has 0 amide bonds. The summed E-state index contributed by atoms with van der Waals surface area (Å²) in [6, 6.07) is 11.9. The Morgan fingerprint density at radius 3 is 2.39 bits per heavy atom. The van der Waals surface area contributed by atoms with Crippen LogP contribution in [0.4, 0.5) is 0 Å². The van der Waals surface area contributed by atoms with Crippen LogP contribution < -0.4 is 4.74 Å². The maximum atomic E-state index is 11.7. The van der Waals surface area contributed by atoms with Gasteiger partial charge in [0.05, 0.1) is 0 Å². The van der Waals surface area contributed by atoms with Gasteiger partial charge in [0.25, 0.3) is 0 Å². The predicted molar refractivity (Wildman–Crippen MR) is 92.2 cm³/mol. The van der Waals surface area contributed by atoms with E-state index in [2.05, 4.69) is 13.0 Å². The zero-order valence-electron chi connectivity index (χ0n) is 14.2. The van der Waals surface area contributed by atoms with Gasteiger partial charge in [0, 0.05) is 6.42 Å². The summed E-state index contributed by atoms with van der Waals surface area (Å²) >= 11 is 0. The Labute approximate surface area is 137 Å². The Morgan fingerprint density at radius 1 is 1.13 bits per heavy atom. The molecule has 0 fully saturated rings. The number of aliphatic carboxylic acids is 1. The molecule has 0 spiro atoms. The van der Waals surface area contributed by atoms with E-state index in [4.69, 9.17) is 4.74 Å². The lowest BCUT2D eigenvalue weighted by atomic mass is 9.99. The molecule has 1 atom stereocenters. The fourth-order valence-corrected chi connectivity index (χ4v) is 2.76. The van der Waals surface area contributed by atoms with Crippen molar-refractivity contribution < 1.29 is 14.6 Å². The van der Waals surface area contributed by atoms with Crippen molar-refractivity contribution in [2.75, 3.05) is 0 Å². The molecule has 0 aliphatic heterocycles. The molecule has 0 heterocycles. The summed E-state index contributed by atoms with van der Waals surface area (Å²) in [5.74, 6) is -0.279. The first-order valence-electron chi connectivity index (χ1n) is 7.96. The van der Waals surface area contributed by atoms with Crippen LogP contribution in [-0.2, 0) is 17.6 Å². The number of aryl methyl sites for hydroxylation is 3. The van der Waals surface area contributed by atoms with Crippen LogP contribution in [0.25, 0.3) is 0 Å². The molecule has 0 saturated heterocycles. The average Bonchev–Trinajstić information content (AvgIpc) is 2.51. The van der Waals surface area contributed by atoms with Crippen molar-refractivity contribution in [3.05, 3.63) is 64.2 Å². The molecule has 0 aromatic heterocycles. The van der Waals surface area contributed by atoms with Crippen LogP contribution in [0.5, 0.6) is 5.75 Å². The van der Waals surface area contributed by atoms with Crippen LogP contribution in [0.1, 0.15) is 34.7 Å². The molecule has 3 nitrogen and oxygen atoms in total. The number of carboxylic acid groups (broad SMARTS) is 1. The van der Waals surface area contributed by atoms with E-state index in [1.165, 1.54) is 5.56 Å². The highest BCUT2D eigenvalue weighted by Crippen LogP contribution is 2.25. The molecule has 2 aromatic carbocycles. The van der Waals surface area contributed by atoms with E-state index in [0.29, 0.717) is 12.2 Å². The minimum absolute atomic E-state index is 0.367. The Morgan fingerprint density at radius 2 is 1.78 bits per heavy atom. The first kappa shape index (κ1) is 17.1. The summed E-state index contributed by atoms with van der Waals surface area (Å²) < 4.78 is 5.87. The highest BCUT2D eigenvalue weighted by atomic mass is 16.5. The van der Waals surface area contributed by atoms with E-state index in [9.17, 15) is 9.90 Å². The Balaban J connectivity index is 2.28. The first-order valence-corrected chi connectivity index (χ1v) is 7.96. The van der Waals surface area contributed by atoms with Crippen molar-refractivity contribution in [2.24, 2.45) is 0 Å². The van der Waals surface area contributed by atoms with E-state index in [-0.39, 0.29) is 0 Å². The average molecular weight is 312 g/mol. The van der Waals surface area contributed by atoms with Crippen molar-refractivity contribution >= 4 is 5.97 Å². The fraction of sp³-hybridized carbons (Fsp3) is 0.350. The highest BCUT2D eigenvalue weighted by Gasteiger charge is 2.22. The third-order valence-electron chi connectivity index (χ3n) is 4.21. The molecule has 2 aromatic rings. The van der Waals surface area contributed by atoms with Crippen molar-refractivity contribution in [1.82, 2.24) is 0 Å². The molecular formula is C20H24O3. The lowest BCUT2D eigenvalue weighted by molar-refractivity contribution is -0.145. The lowest BCUT2D eigenvalue weighted by Gasteiger charge is -2.19. The maximum absolute atomic E-state index is 11.7. The summed E-state index contributed by atoms with van der Waals surface area (Å²) in [6.45, 7) is 8.03. The number of ether oxygens (including phenoxy) is 1. The summed E-state index contributed by atoms with van der Waals surface area (Å²) in [6.07, 6.45) is 0.360. The second kappa shape index (κ2) is 7.32. The van der Waals surface area contributed by atoms with Gasteiger partial charge in [-0.05, 0) is 61.1 Å². The number of rotatable bonds is 6. The van der Waals surface area contributed by atoms with Gasteiger partial charge in [-0.3, -0.25) is 0 Å². The quantitative estimate of drug-likeness (QED) is 0.867.